The lowest BCUT2D eigenvalue weighted by Crippen LogP contribution is -2.41. The van der Waals surface area contributed by atoms with Crippen LogP contribution in [-0.4, -0.2) is 60.4 Å². The minimum absolute atomic E-state index is 0.0366. The number of fused-ring (bicyclic) bond motifs is 1. The van der Waals surface area contributed by atoms with Gasteiger partial charge in [0.1, 0.15) is 5.60 Å². The first kappa shape index (κ1) is 17.4. The zero-order valence-corrected chi connectivity index (χ0v) is 15.1. The molecule has 0 aromatic heterocycles. The molecule has 1 aromatic carbocycles. The Bertz CT molecular complexity index is 683. The summed E-state index contributed by atoms with van der Waals surface area (Å²) in [6.45, 7) is 6.76. The largest absolute Gasteiger partial charge is 0.454 e. The van der Waals surface area contributed by atoms with Crippen molar-refractivity contribution in [3.63, 3.8) is 0 Å². The van der Waals surface area contributed by atoms with E-state index in [1.165, 1.54) is 0 Å². The second-order valence-corrected chi connectivity index (χ2v) is 7.35. The van der Waals surface area contributed by atoms with Crippen LogP contribution in [0.5, 0.6) is 11.5 Å². The highest BCUT2D eigenvalue weighted by Gasteiger charge is 2.33. The van der Waals surface area contributed by atoms with Crippen LogP contribution in [0.4, 0.5) is 4.79 Å². The first-order chi connectivity index (χ1) is 11.7. The molecule has 2 aliphatic heterocycles. The molecule has 1 unspecified atom stereocenters. The second-order valence-electron chi connectivity index (χ2n) is 7.35. The molecule has 0 bridgehead atoms. The smallest absolute Gasteiger partial charge is 0.410 e. The Morgan fingerprint density at radius 3 is 2.68 bits per heavy atom. The monoisotopic (exact) mass is 348 g/mol. The molecular weight excluding hydrogens is 324 g/mol. The molecule has 3 rings (SSSR count). The Balaban J connectivity index is 1.63. The van der Waals surface area contributed by atoms with E-state index in [2.05, 4.69) is 0 Å². The summed E-state index contributed by atoms with van der Waals surface area (Å²) in [6.07, 6.45) is 0.394. The predicted octanol–water partition coefficient (Wildman–Crippen LogP) is 2.50. The first-order valence-electron chi connectivity index (χ1n) is 8.39. The van der Waals surface area contributed by atoms with Gasteiger partial charge in [-0.2, -0.15) is 0 Å². The number of hydrogen-bond acceptors (Lipinski definition) is 5. The number of likely N-dealkylation sites (N-methyl/N-ethyl adjacent to an activating group) is 1. The maximum Gasteiger partial charge on any atom is 0.410 e. The predicted molar refractivity (Wildman–Crippen MR) is 90.9 cm³/mol. The molecule has 0 aliphatic carbocycles. The van der Waals surface area contributed by atoms with Crippen molar-refractivity contribution in [3.8, 4) is 11.5 Å². The van der Waals surface area contributed by atoms with Gasteiger partial charge in [0.05, 0.1) is 6.04 Å². The lowest BCUT2D eigenvalue weighted by molar-refractivity contribution is 0.0279. The standard InChI is InChI=1S/C18H24N2O5/c1-18(2,3)25-17(22)20-8-7-13(10-20)19(4)16(21)12-5-6-14-15(9-12)24-11-23-14/h5-6,9,13H,7-8,10-11H2,1-4H3. The van der Waals surface area contributed by atoms with Gasteiger partial charge in [-0.25, -0.2) is 4.79 Å². The van der Waals surface area contributed by atoms with Gasteiger partial charge in [-0.1, -0.05) is 0 Å². The van der Waals surface area contributed by atoms with E-state index in [0.717, 1.165) is 6.42 Å². The van der Waals surface area contributed by atoms with Gasteiger partial charge in [0.15, 0.2) is 11.5 Å². The van der Waals surface area contributed by atoms with Crippen LogP contribution in [0.1, 0.15) is 37.6 Å². The molecule has 1 aromatic rings. The molecule has 136 valence electrons. The van der Waals surface area contributed by atoms with Crippen LogP contribution in [0.2, 0.25) is 0 Å². The SMILES string of the molecule is CN(C(=O)c1ccc2c(c1)OCO2)C1CCN(C(=O)OC(C)(C)C)C1. The maximum atomic E-state index is 12.7. The molecule has 7 heteroatoms. The quantitative estimate of drug-likeness (QED) is 0.821. The van der Waals surface area contributed by atoms with E-state index in [1.807, 2.05) is 20.8 Å². The number of hydrogen-bond donors (Lipinski definition) is 0. The summed E-state index contributed by atoms with van der Waals surface area (Å²) in [6, 6.07) is 5.13. The van der Waals surface area contributed by atoms with Crippen LogP contribution in [0, 0.1) is 0 Å². The summed E-state index contributed by atoms with van der Waals surface area (Å²) >= 11 is 0. The van der Waals surface area contributed by atoms with Crippen LogP contribution in [0.25, 0.3) is 0 Å². The number of carbonyl (C=O) groups is 2. The number of nitrogens with zero attached hydrogens (tertiary/aromatic N) is 2. The van der Waals surface area contributed by atoms with Crippen LogP contribution in [0.3, 0.4) is 0 Å². The van der Waals surface area contributed by atoms with Gasteiger partial charge < -0.3 is 24.0 Å². The normalized spacial score (nSPS) is 19.0. The van der Waals surface area contributed by atoms with Crippen LogP contribution in [-0.2, 0) is 4.74 Å². The van der Waals surface area contributed by atoms with E-state index in [1.54, 1.807) is 35.0 Å². The lowest BCUT2D eigenvalue weighted by atomic mass is 10.1. The van der Waals surface area contributed by atoms with Crippen molar-refractivity contribution in [2.75, 3.05) is 26.9 Å². The van der Waals surface area contributed by atoms with Crippen LogP contribution in [0.15, 0.2) is 18.2 Å². The molecule has 25 heavy (non-hydrogen) atoms. The van der Waals surface area contributed by atoms with Crippen molar-refractivity contribution in [2.24, 2.45) is 0 Å². The highest BCUT2D eigenvalue weighted by atomic mass is 16.7. The van der Waals surface area contributed by atoms with E-state index < -0.39 is 5.60 Å². The average Bonchev–Trinajstić information content (AvgIpc) is 3.20. The third kappa shape index (κ3) is 3.81. The Morgan fingerprint density at radius 2 is 1.96 bits per heavy atom. The van der Waals surface area contributed by atoms with E-state index in [0.29, 0.717) is 30.2 Å². The Labute approximate surface area is 147 Å². The summed E-state index contributed by atoms with van der Waals surface area (Å²) < 4.78 is 16.0. The number of amides is 2. The Hall–Kier alpha value is -2.44. The third-order valence-electron chi connectivity index (χ3n) is 4.30. The Kier molecular flexibility index (Phi) is 4.49. The number of benzene rings is 1. The molecule has 0 radical (unpaired) electrons. The van der Waals surface area contributed by atoms with Crippen molar-refractivity contribution < 1.29 is 23.8 Å². The lowest BCUT2D eigenvalue weighted by Gasteiger charge is -2.27. The van der Waals surface area contributed by atoms with Crippen LogP contribution >= 0.6 is 0 Å². The molecule has 2 heterocycles. The Morgan fingerprint density at radius 1 is 1.24 bits per heavy atom. The molecule has 2 aliphatic rings. The third-order valence-corrected chi connectivity index (χ3v) is 4.30. The maximum absolute atomic E-state index is 12.7. The van der Waals surface area contributed by atoms with Gasteiger partial charge in [0, 0.05) is 25.7 Å². The summed E-state index contributed by atoms with van der Waals surface area (Å²) in [7, 11) is 1.76. The fourth-order valence-electron chi connectivity index (χ4n) is 2.95. The van der Waals surface area contributed by atoms with E-state index >= 15 is 0 Å². The van der Waals surface area contributed by atoms with E-state index in [4.69, 9.17) is 14.2 Å². The molecule has 1 saturated heterocycles. The number of likely N-dealkylation sites (tertiary alicyclic amines) is 1. The van der Waals surface area contributed by atoms with Gasteiger partial charge in [-0.3, -0.25) is 4.79 Å². The average molecular weight is 348 g/mol. The van der Waals surface area contributed by atoms with Gasteiger partial charge in [-0.05, 0) is 45.4 Å². The summed E-state index contributed by atoms with van der Waals surface area (Å²) in [5.41, 5.74) is 0.0195. The number of rotatable bonds is 2. The minimum Gasteiger partial charge on any atom is -0.454 e. The number of ether oxygens (including phenoxy) is 3. The number of carbonyl (C=O) groups excluding carboxylic acids is 2. The van der Waals surface area contributed by atoms with Gasteiger partial charge >= 0.3 is 6.09 Å². The van der Waals surface area contributed by atoms with E-state index in [9.17, 15) is 9.59 Å². The van der Waals surface area contributed by atoms with Crippen molar-refractivity contribution in [2.45, 2.75) is 38.8 Å². The molecule has 2 amide bonds. The molecule has 1 atom stereocenters. The van der Waals surface area contributed by atoms with E-state index in [-0.39, 0.29) is 24.8 Å². The first-order valence-corrected chi connectivity index (χ1v) is 8.39. The molecule has 0 N–H and O–H groups in total. The molecule has 7 nitrogen and oxygen atoms in total. The highest BCUT2D eigenvalue weighted by molar-refractivity contribution is 5.95. The molecule has 0 spiro atoms. The molecular formula is C18H24N2O5. The zero-order chi connectivity index (χ0) is 18.2. The summed E-state index contributed by atoms with van der Waals surface area (Å²) in [5.74, 6) is 1.13. The fraction of sp³-hybridized carbons (Fsp3) is 0.556. The second kappa shape index (κ2) is 6.46. The molecule has 0 saturated carbocycles. The van der Waals surface area contributed by atoms with Gasteiger partial charge in [0.25, 0.3) is 5.91 Å². The van der Waals surface area contributed by atoms with Gasteiger partial charge in [-0.15, -0.1) is 0 Å². The summed E-state index contributed by atoms with van der Waals surface area (Å²) in [4.78, 5) is 28.2. The zero-order valence-electron chi connectivity index (χ0n) is 15.1. The topological polar surface area (TPSA) is 68.3 Å². The van der Waals surface area contributed by atoms with Crippen LogP contribution < -0.4 is 9.47 Å². The summed E-state index contributed by atoms with van der Waals surface area (Å²) in [5, 5.41) is 0. The van der Waals surface area contributed by atoms with Crippen molar-refractivity contribution in [1.29, 1.82) is 0 Å². The van der Waals surface area contributed by atoms with Gasteiger partial charge in [0.2, 0.25) is 6.79 Å². The van der Waals surface area contributed by atoms with Crippen molar-refractivity contribution in [3.05, 3.63) is 23.8 Å². The molecule has 1 fully saturated rings. The van der Waals surface area contributed by atoms with Crippen molar-refractivity contribution >= 4 is 12.0 Å². The van der Waals surface area contributed by atoms with Crippen molar-refractivity contribution in [1.82, 2.24) is 9.80 Å². The minimum atomic E-state index is -0.524. The highest BCUT2D eigenvalue weighted by Crippen LogP contribution is 2.33. The fourth-order valence-corrected chi connectivity index (χ4v) is 2.95.